The summed E-state index contributed by atoms with van der Waals surface area (Å²) in [4.78, 5) is 26.0. The highest BCUT2D eigenvalue weighted by Gasteiger charge is 2.36. The summed E-state index contributed by atoms with van der Waals surface area (Å²) < 4.78 is 2.79. The highest BCUT2D eigenvalue weighted by atomic mass is 35.5. The summed E-state index contributed by atoms with van der Waals surface area (Å²) in [5.74, 6) is -0.0253. The second kappa shape index (κ2) is 6.37. The van der Waals surface area contributed by atoms with Gasteiger partial charge in [-0.1, -0.05) is 11.6 Å². The Balaban J connectivity index is 1.63. The van der Waals surface area contributed by atoms with E-state index in [1.165, 1.54) is 16.2 Å². The highest BCUT2D eigenvalue weighted by Crippen LogP contribution is 2.30. The number of carboxylic acids is 1. The molecular weight excluding hydrogens is 376 g/mol. The van der Waals surface area contributed by atoms with Gasteiger partial charge in [0.2, 0.25) is 5.91 Å². The van der Waals surface area contributed by atoms with Crippen molar-refractivity contribution in [2.45, 2.75) is 32.5 Å². The largest absolute Gasteiger partial charge is 0.480 e. The van der Waals surface area contributed by atoms with E-state index in [2.05, 4.69) is 10.2 Å². The minimum absolute atomic E-state index is 0.122. The Bertz CT molecular complexity index is 1030. The molecule has 0 spiro atoms. The number of aryl methyl sites for hydroxylation is 1. The first-order chi connectivity index (χ1) is 12.4. The Morgan fingerprint density at radius 2 is 2.19 bits per heavy atom. The number of halogens is 1. The summed E-state index contributed by atoms with van der Waals surface area (Å²) in [5.41, 5.74) is 0.852. The fourth-order valence-electron chi connectivity index (χ4n) is 3.24. The first kappa shape index (κ1) is 17.0. The van der Waals surface area contributed by atoms with Gasteiger partial charge in [-0.2, -0.15) is 0 Å². The van der Waals surface area contributed by atoms with E-state index in [1.807, 2.05) is 23.6 Å². The quantitative estimate of drug-likeness (QED) is 0.742. The number of carbonyl (C=O) groups excluding carboxylic acids is 1. The lowest BCUT2D eigenvalue weighted by molar-refractivity contribution is -0.152. The number of nitrogens with zero attached hydrogens (tertiary/aromatic N) is 4. The maximum absolute atomic E-state index is 12.9. The van der Waals surface area contributed by atoms with E-state index in [0.717, 1.165) is 15.6 Å². The third kappa shape index (κ3) is 2.85. The molecule has 9 heteroatoms. The minimum atomic E-state index is -1.03. The van der Waals surface area contributed by atoms with E-state index < -0.39 is 12.0 Å². The van der Waals surface area contributed by atoms with E-state index >= 15 is 0 Å². The van der Waals surface area contributed by atoms with Gasteiger partial charge in [-0.25, -0.2) is 4.79 Å². The molecule has 0 saturated carbocycles. The third-order valence-electron chi connectivity index (χ3n) is 4.62. The Labute approximate surface area is 157 Å². The Morgan fingerprint density at radius 1 is 1.38 bits per heavy atom. The lowest BCUT2D eigenvalue weighted by Crippen LogP contribution is -2.51. The molecule has 26 heavy (non-hydrogen) atoms. The molecule has 1 atom stereocenters. The summed E-state index contributed by atoms with van der Waals surface area (Å²) in [5, 5.41) is 21.1. The lowest BCUT2D eigenvalue weighted by Gasteiger charge is -2.33. The van der Waals surface area contributed by atoms with Crippen LogP contribution < -0.4 is 0 Å². The molecule has 0 bridgehead atoms. The second-order valence-electron chi connectivity index (χ2n) is 6.23. The van der Waals surface area contributed by atoms with Crippen LogP contribution in [0.4, 0.5) is 0 Å². The van der Waals surface area contributed by atoms with E-state index in [4.69, 9.17) is 11.6 Å². The molecule has 1 aromatic carbocycles. The van der Waals surface area contributed by atoms with Gasteiger partial charge in [-0.15, -0.1) is 21.5 Å². The molecule has 1 amide bonds. The molecule has 4 rings (SSSR count). The Kier molecular flexibility index (Phi) is 4.16. The molecule has 134 valence electrons. The van der Waals surface area contributed by atoms with Gasteiger partial charge in [0, 0.05) is 9.72 Å². The maximum atomic E-state index is 12.9. The van der Waals surface area contributed by atoms with Gasteiger partial charge < -0.3 is 14.6 Å². The van der Waals surface area contributed by atoms with Gasteiger partial charge in [-0.05, 0) is 41.5 Å². The molecule has 0 radical (unpaired) electrons. The van der Waals surface area contributed by atoms with Crippen molar-refractivity contribution in [2.75, 3.05) is 0 Å². The molecule has 1 aliphatic rings. The van der Waals surface area contributed by atoms with Gasteiger partial charge in [0.1, 0.15) is 11.9 Å². The summed E-state index contributed by atoms with van der Waals surface area (Å²) in [6.07, 6.45) is 0.122. The van der Waals surface area contributed by atoms with Crippen LogP contribution in [0, 0.1) is 6.92 Å². The molecule has 1 unspecified atom stereocenters. The average Bonchev–Trinajstić information content (AvgIpc) is 3.17. The normalized spacial score (nSPS) is 16.7. The minimum Gasteiger partial charge on any atom is -0.480 e. The van der Waals surface area contributed by atoms with Crippen LogP contribution in [-0.4, -0.2) is 42.7 Å². The third-order valence-corrected chi connectivity index (χ3v) is 5.87. The van der Waals surface area contributed by atoms with Crippen LogP contribution in [0.1, 0.15) is 17.2 Å². The average molecular weight is 391 g/mol. The molecule has 3 heterocycles. The second-order valence-corrected chi connectivity index (χ2v) is 7.58. The number of benzene rings is 1. The summed E-state index contributed by atoms with van der Waals surface area (Å²) >= 11 is 7.61. The number of rotatable bonds is 3. The first-order valence-corrected chi connectivity index (χ1v) is 9.26. The molecule has 0 fully saturated rings. The van der Waals surface area contributed by atoms with Crippen molar-refractivity contribution >= 4 is 44.9 Å². The number of carbonyl (C=O) groups is 2. The predicted molar refractivity (Wildman–Crippen MR) is 97.3 cm³/mol. The fraction of sp³-hybridized carbons (Fsp3) is 0.294. The smallest absolute Gasteiger partial charge is 0.328 e. The number of carboxylic acid groups (broad SMARTS) is 1. The lowest BCUT2D eigenvalue weighted by atomic mass is 10.1. The topological polar surface area (TPSA) is 88.3 Å². The zero-order valence-corrected chi connectivity index (χ0v) is 15.4. The monoisotopic (exact) mass is 390 g/mol. The zero-order valence-electron chi connectivity index (χ0n) is 13.8. The molecule has 1 aliphatic heterocycles. The predicted octanol–water partition coefficient (Wildman–Crippen LogP) is 2.49. The van der Waals surface area contributed by atoms with Crippen molar-refractivity contribution in [3.63, 3.8) is 0 Å². The van der Waals surface area contributed by atoms with Crippen LogP contribution >= 0.6 is 22.9 Å². The number of hydrogen-bond donors (Lipinski definition) is 1. The summed E-state index contributed by atoms with van der Waals surface area (Å²) in [6.45, 7) is 2.07. The van der Waals surface area contributed by atoms with Gasteiger partial charge in [0.15, 0.2) is 5.82 Å². The number of fused-ring (bicyclic) bond motifs is 2. The van der Waals surface area contributed by atoms with Gasteiger partial charge >= 0.3 is 5.97 Å². The molecule has 0 aliphatic carbocycles. The van der Waals surface area contributed by atoms with Crippen molar-refractivity contribution < 1.29 is 14.7 Å². The molecule has 2 aromatic heterocycles. The van der Waals surface area contributed by atoms with Crippen molar-refractivity contribution in [1.29, 1.82) is 0 Å². The maximum Gasteiger partial charge on any atom is 0.328 e. The standard InChI is InChI=1S/C17H15ClN4O3S/c1-9-19-20-15-7-22(13(17(24)25)6-21(9)15)16(23)4-10-8-26-14-3-2-11(18)5-12(10)14/h2-3,5,8,13H,4,6-7H2,1H3,(H,24,25). The number of thiophene rings is 1. The summed E-state index contributed by atoms with van der Waals surface area (Å²) in [7, 11) is 0. The van der Waals surface area contributed by atoms with E-state index in [0.29, 0.717) is 16.7 Å². The van der Waals surface area contributed by atoms with Crippen molar-refractivity contribution in [3.8, 4) is 0 Å². The SMILES string of the molecule is Cc1nnc2n1CC(C(=O)O)N(C(=O)Cc1csc3ccc(Cl)cc13)C2. The van der Waals surface area contributed by atoms with Crippen LogP contribution in [0.25, 0.3) is 10.1 Å². The fourth-order valence-corrected chi connectivity index (χ4v) is 4.36. The number of amides is 1. The van der Waals surface area contributed by atoms with Crippen LogP contribution in [0.5, 0.6) is 0 Å². The molecule has 0 saturated heterocycles. The van der Waals surface area contributed by atoms with Crippen LogP contribution in [0.15, 0.2) is 23.6 Å². The van der Waals surface area contributed by atoms with Gasteiger partial charge in [0.25, 0.3) is 0 Å². The Morgan fingerprint density at radius 3 is 2.96 bits per heavy atom. The summed E-state index contributed by atoms with van der Waals surface area (Å²) in [6, 6.07) is 4.63. The van der Waals surface area contributed by atoms with Crippen LogP contribution in [0.3, 0.4) is 0 Å². The van der Waals surface area contributed by atoms with Gasteiger partial charge in [-0.3, -0.25) is 4.79 Å². The number of aromatic nitrogens is 3. The molecule has 7 nitrogen and oxygen atoms in total. The molecule has 3 aromatic rings. The number of hydrogen-bond acceptors (Lipinski definition) is 5. The first-order valence-electron chi connectivity index (χ1n) is 8.00. The van der Waals surface area contributed by atoms with Crippen molar-refractivity contribution in [2.24, 2.45) is 0 Å². The van der Waals surface area contributed by atoms with Crippen molar-refractivity contribution in [1.82, 2.24) is 19.7 Å². The van der Waals surface area contributed by atoms with Crippen LogP contribution in [0.2, 0.25) is 5.02 Å². The van der Waals surface area contributed by atoms with Gasteiger partial charge in [0.05, 0.1) is 19.5 Å². The highest BCUT2D eigenvalue weighted by molar-refractivity contribution is 7.17. The van der Waals surface area contributed by atoms with E-state index in [-0.39, 0.29) is 25.4 Å². The van der Waals surface area contributed by atoms with E-state index in [1.54, 1.807) is 11.5 Å². The number of aliphatic carboxylic acids is 1. The van der Waals surface area contributed by atoms with Crippen LogP contribution in [-0.2, 0) is 29.1 Å². The zero-order chi connectivity index (χ0) is 18.4. The molecule has 1 N–H and O–H groups in total. The van der Waals surface area contributed by atoms with E-state index in [9.17, 15) is 14.7 Å². The Hall–Kier alpha value is -2.45. The van der Waals surface area contributed by atoms with Crippen molar-refractivity contribution in [3.05, 3.63) is 45.8 Å². The molecular formula is C17H15ClN4O3S.